The predicted molar refractivity (Wildman–Crippen MR) is 78.7 cm³/mol. The number of non-ortho nitro benzene ring substituents is 1. The lowest BCUT2D eigenvalue weighted by Gasteiger charge is -2.08. The molecule has 0 amide bonds. The first-order valence-electron chi connectivity index (χ1n) is 6.47. The molecule has 0 fully saturated rings. The number of rotatable bonds is 5. The lowest BCUT2D eigenvalue weighted by atomic mass is 9.96. The maximum Gasteiger partial charge on any atom is 0.310 e. The molecule has 6 nitrogen and oxygen atoms in total. The summed E-state index contributed by atoms with van der Waals surface area (Å²) in [6, 6.07) is 12.2. The largest absolute Gasteiger partial charge is 0.469 e. The Balaban J connectivity index is 2.49. The molecule has 0 heterocycles. The Morgan fingerprint density at radius 3 is 2.41 bits per heavy atom. The molecule has 0 radical (unpaired) electrons. The molecule has 2 rings (SSSR count). The van der Waals surface area contributed by atoms with Crippen molar-refractivity contribution in [3.63, 3.8) is 0 Å². The number of nitrogens with zero attached hydrogens (tertiary/aromatic N) is 1. The number of ether oxygens (including phenoxy) is 1. The van der Waals surface area contributed by atoms with Gasteiger partial charge in [0.2, 0.25) is 0 Å². The van der Waals surface area contributed by atoms with E-state index in [2.05, 4.69) is 4.74 Å². The van der Waals surface area contributed by atoms with Gasteiger partial charge >= 0.3 is 5.97 Å². The van der Waals surface area contributed by atoms with Gasteiger partial charge in [0.25, 0.3) is 5.69 Å². The van der Waals surface area contributed by atoms with Crippen molar-refractivity contribution in [2.75, 3.05) is 7.11 Å². The Morgan fingerprint density at radius 1 is 1.14 bits per heavy atom. The minimum absolute atomic E-state index is 0.123. The minimum Gasteiger partial charge on any atom is -0.469 e. The fraction of sp³-hybridized carbons (Fsp3) is 0.125. The third-order valence-electron chi connectivity index (χ3n) is 3.15. The van der Waals surface area contributed by atoms with Gasteiger partial charge in [0.15, 0.2) is 5.78 Å². The minimum atomic E-state index is -0.580. The molecule has 2 aromatic rings. The highest BCUT2D eigenvalue weighted by molar-refractivity contribution is 6.10. The van der Waals surface area contributed by atoms with Crippen molar-refractivity contribution in [3.8, 4) is 0 Å². The summed E-state index contributed by atoms with van der Waals surface area (Å²) in [4.78, 5) is 34.3. The first-order valence-corrected chi connectivity index (χ1v) is 6.47. The van der Waals surface area contributed by atoms with E-state index in [4.69, 9.17) is 0 Å². The van der Waals surface area contributed by atoms with Crippen molar-refractivity contribution in [3.05, 3.63) is 75.3 Å². The van der Waals surface area contributed by atoms with E-state index in [-0.39, 0.29) is 23.5 Å². The summed E-state index contributed by atoms with van der Waals surface area (Å²) in [6.07, 6.45) is -0.123. The number of hydrogen-bond donors (Lipinski definition) is 0. The maximum absolute atomic E-state index is 12.5. The molecule has 2 aromatic carbocycles. The zero-order chi connectivity index (χ0) is 16.1. The lowest BCUT2D eigenvalue weighted by molar-refractivity contribution is -0.384. The first-order chi connectivity index (χ1) is 10.5. The van der Waals surface area contributed by atoms with E-state index in [9.17, 15) is 19.7 Å². The second-order valence-corrected chi connectivity index (χ2v) is 4.55. The van der Waals surface area contributed by atoms with E-state index < -0.39 is 10.9 Å². The third kappa shape index (κ3) is 3.35. The van der Waals surface area contributed by atoms with Crippen LogP contribution in [-0.2, 0) is 16.0 Å². The van der Waals surface area contributed by atoms with Crippen molar-refractivity contribution in [1.29, 1.82) is 0 Å². The Bertz CT molecular complexity index is 725. The zero-order valence-electron chi connectivity index (χ0n) is 11.8. The normalized spacial score (nSPS) is 10.0. The molecule has 0 aromatic heterocycles. The average Bonchev–Trinajstić information content (AvgIpc) is 2.55. The fourth-order valence-electron chi connectivity index (χ4n) is 2.02. The molecule has 112 valence electrons. The molecule has 0 saturated carbocycles. The molecular formula is C16H13NO5. The summed E-state index contributed by atoms with van der Waals surface area (Å²) < 4.78 is 4.59. The molecule has 0 saturated heterocycles. The van der Waals surface area contributed by atoms with Gasteiger partial charge in [-0.3, -0.25) is 19.7 Å². The quantitative estimate of drug-likeness (QED) is 0.366. The number of esters is 1. The molecule has 0 N–H and O–H groups in total. The van der Waals surface area contributed by atoms with Crippen LogP contribution >= 0.6 is 0 Å². The maximum atomic E-state index is 12.5. The average molecular weight is 299 g/mol. The van der Waals surface area contributed by atoms with Gasteiger partial charge in [-0.1, -0.05) is 36.4 Å². The van der Waals surface area contributed by atoms with Crippen molar-refractivity contribution >= 4 is 17.4 Å². The highest BCUT2D eigenvalue weighted by Gasteiger charge is 2.19. The first kappa shape index (κ1) is 15.4. The number of carbonyl (C=O) groups is 2. The second kappa shape index (κ2) is 6.62. The van der Waals surface area contributed by atoms with Crippen LogP contribution in [0, 0.1) is 10.1 Å². The summed E-state index contributed by atoms with van der Waals surface area (Å²) in [5.74, 6) is -0.890. The number of nitro groups is 1. The van der Waals surface area contributed by atoms with Gasteiger partial charge in [-0.05, 0) is 5.56 Å². The van der Waals surface area contributed by atoms with Crippen LogP contribution in [-0.4, -0.2) is 23.8 Å². The SMILES string of the molecule is COC(=O)Cc1ccc([N+](=O)[O-])cc1C(=O)c1ccccc1. The van der Waals surface area contributed by atoms with Gasteiger partial charge < -0.3 is 4.74 Å². The van der Waals surface area contributed by atoms with Crippen LogP contribution in [0.2, 0.25) is 0 Å². The van der Waals surface area contributed by atoms with Crippen molar-refractivity contribution in [2.45, 2.75) is 6.42 Å². The fourth-order valence-corrected chi connectivity index (χ4v) is 2.02. The van der Waals surface area contributed by atoms with E-state index >= 15 is 0 Å². The van der Waals surface area contributed by atoms with Crippen LogP contribution in [0.5, 0.6) is 0 Å². The van der Waals surface area contributed by atoms with Crippen molar-refractivity contribution in [2.24, 2.45) is 0 Å². The Kier molecular flexibility index (Phi) is 4.63. The Morgan fingerprint density at radius 2 is 1.82 bits per heavy atom. The third-order valence-corrected chi connectivity index (χ3v) is 3.15. The number of ketones is 1. The van der Waals surface area contributed by atoms with E-state index in [1.807, 2.05) is 0 Å². The van der Waals surface area contributed by atoms with Crippen LogP contribution in [0.25, 0.3) is 0 Å². The number of carbonyl (C=O) groups excluding carboxylic acids is 2. The summed E-state index contributed by atoms with van der Waals surface area (Å²) in [5, 5.41) is 10.9. The van der Waals surface area contributed by atoms with Gasteiger partial charge in [-0.2, -0.15) is 0 Å². The molecule has 0 aliphatic rings. The van der Waals surface area contributed by atoms with Gasteiger partial charge in [-0.25, -0.2) is 0 Å². The number of benzene rings is 2. The number of methoxy groups -OCH3 is 1. The Hall–Kier alpha value is -3.02. The van der Waals surface area contributed by atoms with Crippen LogP contribution < -0.4 is 0 Å². The van der Waals surface area contributed by atoms with Crippen LogP contribution in [0.1, 0.15) is 21.5 Å². The van der Waals surface area contributed by atoms with Gasteiger partial charge in [0.05, 0.1) is 18.5 Å². The number of nitro benzene ring substituents is 1. The van der Waals surface area contributed by atoms with Crippen LogP contribution in [0.3, 0.4) is 0 Å². The van der Waals surface area contributed by atoms with E-state index in [1.165, 1.54) is 25.3 Å². The van der Waals surface area contributed by atoms with E-state index in [0.29, 0.717) is 11.1 Å². The molecule has 0 aliphatic carbocycles. The smallest absolute Gasteiger partial charge is 0.310 e. The monoisotopic (exact) mass is 299 g/mol. The summed E-state index contributed by atoms with van der Waals surface area (Å²) in [5.41, 5.74) is 0.721. The van der Waals surface area contributed by atoms with Crippen LogP contribution in [0.4, 0.5) is 5.69 Å². The molecule has 6 heteroatoms. The standard InChI is InChI=1S/C16H13NO5/c1-22-15(18)9-12-7-8-13(17(20)21)10-14(12)16(19)11-5-3-2-4-6-11/h2-8,10H,9H2,1H3. The van der Waals surface area contributed by atoms with Gasteiger partial charge in [-0.15, -0.1) is 0 Å². The Labute approximate surface area is 126 Å². The highest BCUT2D eigenvalue weighted by Crippen LogP contribution is 2.22. The van der Waals surface area contributed by atoms with Gasteiger partial charge in [0, 0.05) is 23.3 Å². The van der Waals surface area contributed by atoms with E-state index in [1.54, 1.807) is 30.3 Å². The topological polar surface area (TPSA) is 86.5 Å². The molecule has 0 unspecified atom stereocenters. The summed E-state index contributed by atoms with van der Waals surface area (Å²) in [7, 11) is 1.24. The summed E-state index contributed by atoms with van der Waals surface area (Å²) in [6.45, 7) is 0. The van der Waals surface area contributed by atoms with Crippen molar-refractivity contribution < 1.29 is 19.2 Å². The zero-order valence-corrected chi connectivity index (χ0v) is 11.8. The summed E-state index contributed by atoms with van der Waals surface area (Å²) >= 11 is 0. The lowest BCUT2D eigenvalue weighted by Crippen LogP contribution is -2.11. The van der Waals surface area contributed by atoms with Crippen LogP contribution in [0.15, 0.2) is 48.5 Å². The van der Waals surface area contributed by atoms with Gasteiger partial charge in [0.1, 0.15) is 0 Å². The molecular weight excluding hydrogens is 286 g/mol. The molecule has 0 atom stereocenters. The second-order valence-electron chi connectivity index (χ2n) is 4.55. The highest BCUT2D eigenvalue weighted by atomic mass is 16.6. The number of hydrogen-bond acceptors (Lipinski definition) is 5. The molecule has 0 aliphatic heterocycles. The van der Waals surface area contributed by atoms with Crippen molar-refractivity contribution in [1.82, 2.24) is 0 Å². The predicted octanol–water partition coefficient (Wildman–Crippen LogP) is 2.54. The molecule has 0 bridgehead atoms. The van der Waals surface area contributed by atoms with E-state index in [0.717, 1.165) is 0 Å². The molecule has 22 heavy (non-hydrogen) atoms. The molecule has 0 spiro atoms.